The van der Waals surface area contributed by atoms with Crippen molar-refractivity contribution in [2.45, 2.75) is 72.4 Å². The molecule has 0 heterocycles. The van der Waals surface area contributed by atoms with Crippen LogP contribution in [-0.4, -0.2) is 33.2 Å². The summed E-state index contributed by atoms with van der Waals surface area (Å²) < 4.78 is 10.4. The molecule has 5 heteroatoms. The number of ether oxygens (including phenoxy) is 2. The lowest BCUT2D eigenvalue weighted by Gasteiger charge is -2.28. The maximum absolute atomic E-state index is 11.5. The van der Waals surface area contributed by atoms with Crippen LogP contribution in [0.15, 0.2) is 85.0 Å². The number of benzene rings is 2. The minimum absolute atomic E-state index is 0.264. The van der Waals surface area contributed by atoms with Crippen LogP contribution >= 0.6 is 0 Å². The monoisotopic (exact) mass is 522 g/mol. The summed E-state index contributed by atoms with van der Waals surface area (Å²) >= 11 is 0. The Hall–Kier alpha value is -2.92. The first-order chi connectivity index (χ1) is 17.7. The summed E-state index contributed by atoms with van der Waals surface area (Å²) in [7, 11) is -1.81. The van der Waals surface area contributed by atoms with Crippen LogP contribution < -0.4 is 10.4 Å². The molecule has 0 aliphatic rings. The zero-order valence-corrected chi connectivity index (χ0v) is 24.6. The number of rotatable bonds is 14. The van der Waals surface area contributed by atoms with Gasteiger partial charge in [0.1, 0.15) is 8.07 Å². The van der Waals surface area contributed by atoms with Crippen LogP contribution in [0.2, 0.25) is 12.6 Å². The Balaban J connectivity index is 0.000000422. The van der Waals surface area contributed by atoms with Crippen molar-refractivity contribution in [3.05, 3.63) is 85.0 Å². The van der Waals surface area contributed by atoms with E-state index in [0.717, 1.165) is 25.3 Å². The normalized spacial score (nSPS) is 11.5. The zero-order chi connectivity index (χ0) is 27.7. The van der Waals surface area contributed by atoms with E-state index >= 15 is 0 Å². The van der Waals surface area contributed by atoms with Gasteiger partial charge in [0.25, 0.3) is 0 Å². The van der Waals surface area contributed by atoms with E-state index in [9.17, 15) is 9.59 Å². The van der Waals surface area contributed by atoms with Crippen LogP contribution in [0, 0.1) is 5.92 Å². The second-order valence-corrected chi connectivity index (χ2v) is 14.2. The molecule has 0 bridgehead atoms. The van der Waals surface area contributed by atoms with E-state index < -0.39 is 8.07 Å². The molecule has 0 N–H and O–H groups in total. The third-order valence-corrected chi connectivity index (χ3v) is 11.1. The lowest BCUT2D eigenvalue weighted by molar-refractivity contribution is -0.140. The SMILES string of the molecule is C=C(C)C(=O)OCC(CC)CCCC.C=C(C)C(=O)OCCC[Si](C)(c1ccccc1)c1ccccc1. The fourth-order valence-electron chi connectivity index (χ4n) is 4.00. The second-order valence-electron chi connectivity index (χ2n) is 9.88. The van der Waals surface area contributed by atoms with Crippen molar-refractivity contribution in [1.29, 1.82) is 0 Å². The maximum Gasteiger partial charge on any atom is 0.333 e. The molecule has 2 aromatic carbocycles. The largest absolute Gasteiger partial charge is 0.462 e. The molecule has 0 aliphatic carbocycles. The summed E-state index contributed by atoms with van der Waals surface area (Å²) in [6.45, 7) is 18.2. The molecule has 0 aromatic heterocycles. The van der Waals surface area contributed by atoms with Gasteiger partial charge in [-0.1, -0.05) is 124 Å². The average Bonchev–Trinajstić information content (AvgIpc) is 2.92. The quantitative estimate of drug-likeness (QED) is 0.120. The molecule has 2 rings (SSSR count). The first kappa shape index (κ1) is 32.1. The lowest BCUT2D eigenvalue weighted by atomic mass is 10.0. The Morgan fingerprint density at radius 3 is 1.73 bits per heavy atom. The molecule has 0 fully saturated rings. The van der Waals surface area contributed by atoms with Crippen molar-refractivity contribution in [1.82, 2.24) is 0 Å². The van der Waals surface area contributed by atoms with Gasteiger partial charge in [-0.15, -0.1) is 0 Å². The average molecular weight is 523 g/mol. The molecule has 0 saturated carbocycles. The van der Waals surface area contributed by atoms with E-state index in [1.54, 1.807) is 13.8 Å². The number of carbonyl (C=O) groups is 2. The van der Waals surface area contributed by atoms with E-state index in [2.05, 4.69) is 94.2 Å². The molecule has 1 atom stereocenters. The highest BCUT2D eigenvalue weighted by Crippen LogP contribution is 2.15. The van der Waals surface area contributed by atoms with Gasteiger partial charge in [-0.2, -0.15) is 0 Å². The van der Waals surface area contributed by atoms with Gasteiger partial charge in [-0.25, -0.2) is 9.59 Å². The van der Waals surface area contributed by atoms with Crippen LogP contribution in [-0.2, 0) is 19.1 Å². The minimum Gasteiger partial charge on any atom is -0.462 e. The minimum atomic E-state index is -1.81. The molecule has 0 saturated heterocycles. The van der Waals surface area contributed by atoms with Gasteiger partial charge in [0, 0.05) is 11.1 Å². The Morgan fingerprint density at radius 2 is 1.30 bits per heavy atom. The van der Waals surface area contributed by atoms with Crippen LogP contribution in [0.4, 0.5) is 0 Å². The van der Waals surface area contributed by atoms with Gasteiger partial charge >= 0.3 is 11.9 Å². The summed E-state index contributed by atoms with van der Waals surface area (Å²) in [6, 6.07) is 22.4. The van der Waals surface area contributed by atoms with Crippen molar-refractivity contribution >= 4 is 30.4 Å². The molecule has 0 radical (unpaired) electrons. The van der Waals surface area contributed by atoms with Gasteiger partial charge in [0.2, 0.25) is 0 Å². The fraction of sp³-hybridized carbons (Fsp3) is 0.438. The van der Waals surface area contributed by atoms with E-state index in [1.807, 2.05) is 0 Å². The van der Waals surface area contributed by atoms with E-state index in [4.69, 9.17) is 9.47 Å². The molecular weight excluding hydrogens is 476 g/mol. The van der Waals surface area contributed by atoms with Crippen molar-refractivity contribution < 1.29 is 19.1 Å². The number of hydrogen-bond acceptors (Lipinski definition) is 4. The highest BCUT2D eigenvalue weighted by atomic mass is 28.3. The van der Waals surface area contributed by atoms with E-state index in [0.29, 0.717) is 30.3 Å². The van der Waals surface area contributed by atoms with Crippen LogP contribution in [0.1, 0.15) is 59.8 Å². The van der Waals surface area contributed by atoms with Gasteiger partial charge in [0.05, 0.1) is 13.2 Å². The number of hydrogen-bond donors (Lipinski definition) is 0. The third kappa shape index (κ3) is 11.8. The first-order valence-corrected chi connectivity index (χ1v) is 16.1. The molecule has 0 aliphatic heterocycles. The van der Waals surface area contributed by atoms with E-state index in [-0.39, 0.29) is 11.9 Å². The predicted molar refractivity (Wildman–Crippen MR) is 158 cm³/mol. The van der Waals surface area contributed by atoms with Gasteiger partial charge in [0.15, 0.2) is 0 Å². The first-order valence-electron chi connectivity index (χ1n) is 13.4. The van der Waals surface area contributed by atoms with Crippen molar-refractivity contribution in [2.24, 2.45) is 5.92 Å². The standard InChI is InChI=1S/C20H24O2Si.C12H22O2/c1-17(2)20(21)22-15-10-16-23(3,18-11-6-4-7-12-18)19-13-8-5-9-14-19;1-5-7-8-11(6-2)9-14-12(13)10(3)4/h4-9,11-14H,1,10,15-16H2,2-3H3;11H,3,5-9H2,1-2,4H3. The Labute approximate surface area is 225 Å². The summed E-state index contributed by atoms with van der Waals surface area (Å²) in [5.74, 6) is -0.0500. The number of unbranched alkanes of at least 4 members (excludes halogenated alkanes) is 1. The molecular formula is C32H46O4Si. The molecule has 0 amide bonds. The van der Waals surface area contributed by atoms with Crippen LogP contribution in [0.5, 0.6) is 0 Å². The summed E-state index contributed by atoms with van der Waals surface area (Å²) in [6.07, 6.45) is 5.50. The molecule has 37 heavy (non-hydrogen) atoms. The van der Waals surface area contributed by atoms with E-state index in [1.165, 1.54) is 23.2 Å². The number of carbonyl (C=O) groups excluding carboxylic acids is 2. The smallest absolute Gasteiger partial charge is 0.333 e. The van der Waals surface area contributed by atoms with Gasteiger partial charge < -0.3 is 9.47 Å². The number of esters is 2. The lowest BCUT2D eigenvalue weighted by Crippen LogP contribution is -2.55. The highest BCUT2D eigenvalue weighted by Gasteiger charge is 2.31. The molecule has 2 aromatic rings. The van der Waals surface area contributed by atoms with Crippen molar-refractivity contribution in [2.75, 3.05) is 13.2 Å². The molecule has 1 unspecified atom stereocenters. The summed E-state index contributed by atoms with van der Waals surface area (Å²) in [4.78, 5) is 22.6. The third-order valence-electron chi connectivity index (χ3n) is 6.57. The molecule has 202 valence electrons. The maximum atomic E-state index is 11.5. The van der Waals surface area contributed by atoms with Crippen molar-refractivity contribution in [3.63, 3.8) is 0 Å². The second kappa shape index (κ2) is 17.5. The van der Waals surface area contributed by atoms with Crippen LogP contribution in [0.25, 0.3) is 0 Å². The summed E-state index contributed by atoms with van der Waals surface area (Å²) in [5, 5.41) is 2.83. The highest BCUT2D eigenvalue weighted by molar-refractivity contribution is 7.01. The topological polar surface area (TPSA) is 52.6 Å². The zero-order valence-electron chi connectivity index (χ0n) is 23.6. The van der Waals surface area contributed by atoms with Gasteiger partial charge in [-0.05, 0) is 38.7 Å². The predicted octanol–water partition coefficient (Wildman–Crippen LogP) is 6.71. The fourth-order valence-corrected chi connectivity index (χ4v) is 7.61. The Bertz CT molecular complexity index is 929. The molecule has 4 nitrogen and oxygen atoms in total. The molecule has 0 spiro atoms. The Morgan fingerprint density at radius 1 is 0.811 bits per heavy atom. The Kier molecular flexibility index (Phi) is 15.2. The van der Waals surface area contributed by atoms with Crippen molar-refractivity contribution in [3.8, 4) is 0 Å². The van der Waals surface area contributed by atoms with Gasteiger partial charge in [-0.3, -0.25) is 0 Å². The van der Waals surface area contributed by atoms with Crippen LogP contribution in [0.3, 0.4) is 0 Å². The summed E-state index contributed by atoms with van der Waals surface area (Å²) in [5.41, 5.74) is 0.937.